The highest BCUT2D eigenvalue weighted by atomic mass is 35.5. The molecule has 0 unspecified atom stereocenters. The van der Waals surface area contributed by atoms with Crippen LogP contribution in [0.4, 0.5) is 5.69 Å². The van der Waals surface area contributed by atoms with E-state index in [9.17, 15) is 9.59 Å². The van der Waals surface area contributed by atoms with Crippen LogP contribution >= 0.6 is 11.6 Å². The topological polar surface area (TPSA) is 71.2 Å². The lowest BCUT2D eigenvalue weighted by atomic mass is 10.0. The Hall–Kier alpha value is -2.79. The van der Waals surface area contributed by atoms with Crippen molar-refractivity contribution < 1.29 is 9.53 Å². The van der Waals surface area contributed by atoms with E-state index in [1.807, 2.05) is 37.3 Å². The maximum absolute atomic E-state index is 12.5. The van der Waals surface area contributed by atoms with E-state index in [1.165, 1.54) is 7.11 Å². The molecular formula is C19H17ClN2O3. The van der Waals surface area contributed by atoms with E-state index in [0.717, 1.165) is 5.56 Å². The van der Waals surface area contributed by atoms with Gasteiger partial charge in [-0.2, -0.15) is 0 Å². The number of pyridine rings is 1. The number of rotatable bonds is 4. The molecule has 0 aliphatic carbocycles. The van der Waals surface area contributed by atoms with E-state index in [1.54, 1.807) is 18.2 Å². The van der Waals surface area contributed by atoms with Gasteiger partial charge < -0.3 is 15.0 Å². The van der Waals surface area contributed by atoms with Gasteiger partial charge in [-0.05, 0) is 18.6 Å². The van der Waals surface area contributed by atoms with Gasteiger partial charge in [0.25, 0.3) is 5.56 Å². The zero-order chi connectivity index (χ0) is 18.0. The van der Waals surface area contributed by atoms with E-state index >= 15 is 0 Å². The molecule has 1 atom stereocenters. The molecule has 5 nitrogen and oxygen atoms in total. The van der Waals surface area contributed by atoms with Gasteiger partial charge in [-0.25, -0.2) is 4.79 Å². The largest absolute Gasteiger partial charge is 0.465 e. The molecule has 1 heterocycles. The molecule has 128 valence electrons. The van der Waals surface area contributed by atoms with Gasteiger partial charge in [0.2, 0.25) is 0 Å². The van der Waals surface area contributed by atoms with E-state index < -0.39 is 11.5 Å². The summed E-state index contributed by atoms with van der Waals surface area (Å²) in [7, 11) is 1.24. The van der Waals surface area contributed by atoms with Crippen LogP contribution in [-0.4, -0.2) is 18.1 Å². The minimum Gasteiger partial charge on any atom is -0.465 e. The normalized spacial score (nSPS) is 12.0. The third-order valence-electron chi connectivity index (χ3n) is 4.05. The van der Waals surface area contributed by atoms with Crippen LogP contribution in [0.3, 0.4) is 0 Å². The fourth-order valence-electron chi connectivity index (χ4n) is 2.77. The van der Waals surface area contributed by atoms with Crippen LogP contribution < -0.4 is 10.9 Å². The Morgan fingerprint density at radius 1 is 1.16 bits per heavy atom. The Labute approximate surface area is 149 Å². The molecule has 0 aliphatic heterocycles. The van der Waals surface area contributed by atoms with Crippen molar-refractivity contribution in [2.45, 2.75) is 13.0 Å². The van der Waals surface area contributed by atoms with Crippen molar-refractivity contribution in [3.05, 3.63) is 75.0 Å². The number of nitrogens with one attached hydrogen (secondary N) is 2. The molecule has 0 saturated carbocycles. The second-order valence-electron chi connectivity index (χ2n) is 5.63. The van der Waals surface area contributed by atoms with Gasteiger partial charge in [-0.3, -0.25) is 4.79 Å². The molecule has 0 radical (unpaired) electrons. The standard InChI is InChI=1S/C19H17ClN2O3/c1-11(12-7-4-3-5-8-12)21-17-13-9-6-10-14(20)16(13)22-18(23)15(17)19(24)25-2/h3-11H,1-2H3,(H2,21,22,23)/t11-/m0/s1. The van der Waals surface area contributed by atoms with Crippen molar-refractivity contribution in [3.8, 4) is 0 Å². The number of H-pyrrole nitrogens is 1. The van der Waals surface area contributed by atoms with Gasteiger partial charge in [0.15, 0.2) is 0 Å². The van der Waals surface area contributed by atoms with Crippen LogP contribution in [-0.2, 0) is 4.74 Å². The number of ether oxygens (including phenoxy) is 1. The minimum absolute atomic E-state index is 0.0694. The number of methoxy groups -OCH3 is 1. The van der Waals surface area contributed by atoms with Gasteiger partial charge >= 0.3 is 5.97 Å². The minimum atomic E-state index is -0.703. The SMILES string of the molecule is COC(=O)c1c(N[C@@H](C)c2ccccc2)c2cccc(Cl)c2[nH]c1=O. The lowest BCUT2D eigenvalue weighted by Gasteiger charge is -2.19. The molecular weight excluding hydrogens is 340 g/mol. The van der Waals surface area contributed by atoms with Crippen LogP contribution in [0.5, 0.6) is 0 Å². The number of aromatic amines is 1. The van der Waals surface area contributed by atoms with E-state index in [0.29, 0.717) is 21.6 Å². The van der Waals surface area contributed by atoms with E-state index in [4.69, 9.17) is 16.3 Å². The predicted molar refractivity (Wildman–Crippen MR) is 99.4 cm³/mol. The number of para-hydroxylation sites is 1. The number of carbonyl (C=O) groups is 1. The number of hydrogen-bond acceptors (Lipinski definition) is 4. The predicted octanol–water partition coefficient (Wildman–Crippen LogP) is 4.14. The highest BCUT2D eigenvalue weighted by Crippen LogP contribution is 2.31. The number of halogens is 1. The average molecular weight is 357 g/mol. The maximum atomic E-state index is 12.5. The smallest absolute Gasteiger partial charge is 0.345 e. The summed E-state index contributed by atoms with van der Waals surface area (Å²) in [5.41, 5.74) is 1.29. The molecule has 0 amide bonds. The molecule has 1 aromatic heterocycles. The van der Waals surface area contributed by atoms with Gasteiger partial charge in [0, 0.05) is 11.4 Å². The zero-order valence-electron chi connectivity index (χ0n) is 13.8. The molecule has 6 heteroatoms. The summed E-state index contributed by atoms with van der Waals surface area (Å²) >= 11 is 6.21. The first-order chi connectivity index (χ1) is 12.0. The Morgan fingerprint density at radius 3 is 2.56 bits per heavy atom. The first-order valence-corrected chi connectivity index (χ1v) is 8.15. The van der Waals surface area contributed by atoms with Crippen LogP contribution in [0, 0.1) is 0 Å². The fraction of sp³-hybridized carbons (Fsp3) is 0.158. The summed E-state index contributed by atoms with van der Waals surface area (Å²) in [5.74, 6) is -0.703. The third kappa shape index (κ3) is 3.23. The van der Waals surface area contributed by atoms with Gasteiger partial charge in [0.05, 0.1) is 23.3 Å². The average Bonchev–Trinajstić information content (AvgIpc) is 2.63. The molecule has 0 saturated heterocycles. The molecule has 25 heavy (non-hydrogen) atoms. The molecule has 2 aromatic carbocycles. The lowest BCUT2D eigenvalue weighted by molar-refractivity contribution is 0.0600. The molecule has 0 bridgehead atoms. The number of fused-ring (bicyclic) bond motifs is 1. The monoisotopic (exact) mass is 356 g/mol. The lowest BCUT2D eigenvalue weighted by Crippen LogP contribution is -2.23. The maximum Gasteiger partial charge on any atom is 0.345 e. The van der Waals surface area contributed by atoms with Crippen molar-refractivity contribution in [3.63, 3.8) is 0 Å². The van der Waals surface area contributed by atoms with Gasteiger partial charge in [-0.1, -0.05) is 54.1 Å². The van der Waals surface area contributed by atoms with Crippen LogP contribution in [0.25, 0.3) is 10.9 Å². The molecule has 0 fully saturated rings. The Bertz CT molecular complexity index is 983. The fourth-order valence-corrected chi connectivity index (χ4v) is 2.99. The van der Waals surface area contributed by atoms with E-state index in [-0.39, 0.29) is 11.6 Å². The van der Waals surface area contributed by atoms with Crippen molar-refractivity contribution in [1.29, 1.82) is 0 Å². The van der Waals surface area contributed by atoms with Crippen molar-refractivity contribution in [2.75, 3.05) is 12.4 Å². The zero-order valence-corrected chi connectivity index (χ0v) is 14.6. The van der Waals surface area contributed by atoms with Crippen LogP contribution in [0.15, 0.2) is 53.3 Å². The Balaban J connectivity index is 2.21. The van der Waals surface area contributed by atoms with Crippen molar-refractivity contribution in [1.82, 2.24) is 4.98 Å². The summed E-state index contributed by atoms with van der Waals surface area (Å²) in [6, 6.07) is 14.8. The molecule has 3 aromatic rings. The van der Waals surface area contributed by atoms with Crippen molar-refractivity contribution >= 4 is 34.2 Å². The summed E-state index contributed by atoms with van der Waals surface area (Å²) in [6.45, 7) is 1.95. The highest BCUT2D eigenvalue weighted by molar-refractivity contribution is 6.35. The second kappa shape index (κ2) is 6.99. The summed E-state index contributed by atoms with van der Waals surface area (Å²) in [4.78, 5) is 27.3. The first-order valence-electron chi connectivity index (χ1n) is 7.77. The van der Waals surface area contributed by atoms with Crippen molar-refractivity contribution in [2.24, 2.45) is 0 Å². The first kappa shape index (κ1) is 17.0. The molecule has 3 rings (SSSR count). The highest BCUT2D eigenvalue weighted by Gasteiger charge is 2.22. The number of benzene rings is 2. The molecule has 0 aliphatic rings. The second-order valence-corrected chi connectivity index (χ2v) is 6.04. The Morgan fingerprint density at radius 2 is 1.88 bits per heavy atom. The summed E-state index contributed by atoms with van der Waals surface area (Å²) in [5, 5.41) is 4.33. The number of aromatic nitrogens is 1. The van der Waals surface area contributed by atoms with Crippen LogP contribution in [0.2, 0.25) is 5.02 Å². The third-order valence-corrected chi connectivity index (χ3v) is 4.36. The number of anilines is 1. The summed E-state index contributed by atoms with van der Waals surface area (Å²) in [6.07, 6.45) is 0. The van der Waals surface area contributed by atoms with E-state index in [2.05, 4.69) is 10.3 Å². The number of esters is 1. The summed E-state index contributed by atoms with van der Waals surface area (Å²) < 4.78 is 4.79. The number of hydrogen-bond donors (Lipinski definition) is 2. The number of carbonyl (C=O) groups excluding carboxylic acids is 1. The molecule has 0 spiro atoms. The quantitative estimate of drug-likeness (QED) is 0.689. The van der Waals surface area contributed by atoms with Gasteiger partial charge in [-0.15, -0.1) is 0 Å². The van der Waals surface area contributed by atoms with Gasteiger partial charge in [0.1, 0.15) is 5.56 Å². The Kier molecular flexibility index (Phi) is 4.76. The molecule has 2 N–H and O–H groups in total. The van der Waals surface area contributed by atoms with Crippen LogP contribution in [0.1, 0.15) is 28.9 Å².